The number of piperidine rings is 1. The van der Waals surface area contributed by atoms with Gasteiger partial charge in [-0.25, -0.2) is 26.0 Å². The van der Waals surface area contributed by atoms with Crippen molar-refractivity contribution >= 4 is 51.9 Å². The minimum absolute atomic E-state index is 0. The van der Waals surface area contributed by atoms with Gasteiger partial charge >= 0.3 is 0 Å². The second-order valence-electron chi connectivity index (χ2n) is 9.17. The van der Waals surface area contributed by atoms with Crippen molar-refractivity contribution in [2.45, 2.75) is 24.3 Å². The van der Waals surface area contributed by atoms with Gasteiger partial charge in [-0.3, -0.25) is 9.78 Å². The molecule has 0 saturated carbocycles. The Balaban J connectivity index is 0.00000267. The molecular formula is C25H26Cl2F4N4O3S. The summed E-state index contributed by atoms with van der Waals surface area (Å²) in [4.78, 5) is 18.3. The zero-order chi connectivity index (χ0) is 27.1. The van der Waals surface area contributed by atoms with Crippen LogP contribution in [0.15, 0.2) is 47.6 Å². The second kappa shape index (κ2) is 12.5. The molecule has 4 rings (SSSR count). The van der Waals surface area contributed by atoms with Crippen molar-refractivity contribution in [3.63, 3.8) is 0 Å². The number of halogens is 6. The molecule has 1 aromatic heterocycles. The number of hydrogen-bond acceptors (Lipinski definition) is 6. The van der Waals surface area contributed by atoms with Gasteiger partial charge in [0.25, 0.3) is 5.91 Å². The summed E-state index contributed by atoms with van der Waals surface area (Å²) in [6.07, 6.45) is 4.46. The van der Waals surface area contributed by atoms with E-state index in [0.29, 0.717) is 37.0 Å². The average Bonchev–Trinajstić information content (AvgIpc) is 2.79. The van der Waals surface area contributed by atoms with E-state index in [2.05, 4.69) is 10.3 Å². The Morgan fingerprint density at radius 1 is 1.03 bits per heavy atom. The Morgan fingerprint density at radius 2 is 1.67 bits per heavy atom. The molecule has 1 saturated heterocycles. The Morgan fingerprint density at radius 3 is 2.26 bits per heavy atom. The van der Waals surface area contributed by atoms with Crippen molar-refractivity contribution in [3.05, 3.63) is 71.6 Å². The summed E-state index contributed by atoms with van der Waals surface area (Å²) in [5.74, 6) is -6.56. The quantitative estimate of drug-likeness (QED) is 0.396. The largest absolute Gasteiger partial charge is 0.368 e. The molecule has 1 fully saturated rings. The lowest BCUT2D eigenvalue weighted by molar-refractivity contribution is 0.102. The number of carbonyl (C=O) groups is 1. The number of nitrogens with one attached hydrogen (secondary N) is 1. The van der Waals surface area contributed by atoms with Crippen molar-refractivity contribution in [3.8, 4) is 11.1 Å². The number of aromatic nitrogens is 1. The lowest BCUT2D eigenvalue weighted by Gasteiger charge is -2.37. The van der Waals surface area contributed by atoms with Crippen LogP contribution < -0.4 is 16.0 Å². The molecule has 1 aliphatic heterocycles. The lowest BCUT2D eigenvalue weighted by atomic mass is 9.96. The van der Waals surface area contributed by atoms with E-state index >= 15 is 4.39 Å². The normalized spacial score (nSPS) is 17.2. The minimum Gasteiger partial charge on any atom is -0.368 e. The minimum atomic E-state index is -3.99. The number of sulfone groups is 1. The van der Waals surface area contributed by atoms with Gasteiger partial charge in [-0.05, 0) is 42.7 Å². The Labute approximate surface area is 235 Å². The third kappa shape index (κ3) is 6.81. The van der Waals surface area contributed by atoms with E-state index in [0.717, 1.165) is 18.7 Å². The van der Waals surface area contributed by atoms with Crippen LogP contribution in [-0.4, -0.2) is 44.7 Å². The van der Waals surface area contributed by atoms with Crippen LogP contribution in [0, 0.1) is 29.2 Å². The number of nitrogens with two attached hydrogens (primary N) is 1. The van der Waals surface area contributed by atoms with Gasteiger partial charge in [0.2, 0.25) is 0 Å². The van der Waals surface area contributed by atoms with E-state index in [-0.39, 0.29) is 42.5 Å². The SMILES string of the molecule is C[C@@H]1C[C@H](N)CN(c2ccncc2NC(=O)c2ccc(F)c(-c3c(F)cc(S(C)(=O)=O)cc3F)c2F)C1.Cl.Cl. The van der Waals surface area contributed by atoms with Gasteiger partial charge in [-0.15, -0.1) is 24.8 Å². The summed E-state index contributed by atoms with van der Waals surface area (Å²) >= 11 is 0. The molecule has 0 bridgehead atoms. The first-order chi connectivity index (χ1) is 17.4. The number of pyridine rings is 1. The summed E-state index contributed by atoms with van der Waals surface area (Å²) in [5.41, 5.74) is 4.03. The van der Waals surface area contributed by atoms with Crippen LogP contribution in [-0.2, 0) is 9.84 Å². The molecular weight excluding hydrogens is 583 g/mol. The van der Waals surface area contributed by atoms with Gasteiger partial charge in [0, 0.05) is 31.6 Å². The summed E-state index contributed by atoms with van der Waals surface area (Å²) in [6, 6.07) is 4.06. The Bertz CT molecular complexity index is 1460. The smallest absolute Gasteiger partial charge is 0.258 e. The van der Waals surface area contributed by atoms with Crippen molar-refractivity contribution in [1.29, 1.82) is 0 Å². The summed E-state index contributed by atoms with van der Waals surface area (Å²) in [7, 11) is -3.99. The summed E-state index contributed by atoms with van der Waals surface area (Å²) in [5, 5.41) is 2.54. The number of nitrogens with zero attached hydrogens (tertiary/aromatic N) is 2. The molecule has 1 amide bonds. The molecule has 3 N–H and O–H groups in total. The van der Waals surface area contributed by atoms with Crippen LogP contribution in [0.2, 0.25) is 0 Å². The highest BCUT2D eigenvalue weighted by Crippen LogP contribution is 2.35. The highest BCUT2D eigenvalue weighted by atomic mass is 35.5. The highest BCUT2D eigenvalue weighted by Gasteiger charge is 2.28. The number of amides is 1. The molecule has 0 radical (unpaired) electrons. The molecule has 7 nitrogen and oxygen atoms in total. The zero-order valence-electron chi connectivity index (χ0n) is 20.8. The maximum atomic E-state index is 15.4. The maximum Gasteiger partial charge on any atom is 0.258 e. The number of benzene rings is 2. The van der Waals surface area contributed by atoms with Crippen molar-refractivity contribution in [2.24, 2.45) is 11.7 Å². The van der Waals surface area contributed by atoms with Crippen molar-refractivity contribution in [1.82, 2.24) is 4.98 Å². The van der Waals surface area contributed by atoms with E-state index in [4.69, 9.17) is 5.73 Å². The number of carbonyl (C=O) groups excluding carboxylic acids is 1. The first-order valence-electron chi connectivity index (χ1n) is 11.3. The van der Waals surface area contributed by atoms with Gasteiger partial charge in [0.15, 0.2) is 9.84 Å². The first-order valence-corrected chi connectivity index (χ1v) is 13.2. The molecule has 0 unspecified atom stereocenters. The molecule has 212 valence electrons. The van der Waals surface area contributed by atoms with E-state index in [1.54, 1.807) is 6.07 Å². The third-order valence-corrected chi connectivity index (χ3v) is 7.20. The average molecular weight is 609 g/mol. The topological polar surface area (TPSA) is 105 Å². The standard InChI is InChI=1S/C25H24F4N4O3S.2ClH/c1-13-7-14(30)12-33(11-13)21-5-6-31-10-20(21)32-25(34)16-3-4-17(26)23(24(16)29)22-18(27)8-15(9-19(22)28)37(2,35)36;;/h3-6,8-10,13-14H,7,11-12,30H2,1-2H3,(H,32,34);2*1H/t13-,14+;;/m1../s1. The molecule has 2 atom stereocenters. The van der Waals surface area contributed by atoms with Gasteiger partial charge in [0.05, 0.1) is 39.2 Å². The van der Waals surface area contributed by atoms with Crippen LogP contribution in [0.3, 0.4) is 0 Å². The fraction of sp³-hybridized carbons (Fsp3) is 0.280. The molecule has 2 aromatic carbocycles. The van der Waals surface area contributed by atoms with Crippen LogP contribution in [0.1, 0.15) is 23.7 Å². The molecule has 14 heteroatoms. The Kier molecular flexibility index (Phi) is 10.3. The monoisotopic (exact) mass is 608 g/mol. The number of anilines is 2. The van der Waals surface area contributed by atoms with Gasteiger partial charge in [0.1, 0.15) is 23.3 Å². The van der Waals surface area contributed by atoms with E-state index in [1.165, 1.54) is 12.4 Å². The predicted molar refractivity (Wildman–Crippen MR) is 145 cm³/mol. The molecule has 0 spiro atoms. The molecule has 39 heavy (non-hydrogen) atoms. The van der Waals surface area contributed by atoms with E-state index < -0.39 is 60.6 Å². The zero-order valence-corrected chi connectivity index (χ0v) is 23.2. The van der Waals surface area contributed by atoms with Crippen molar-refractivity contribution in [2.75, 3.05) is 29.6 Å². The first kappa shape index (κ1) is 32.3. The predicted octanol–water partition coefficient (Wildman–Crippen LogP) is 4.98. The summed E-state index contributed by atoms with van der Waals surface area (Å²) < 4.78 is 82.8. The van der Waals surface area contributed by atoms with Gasteiger partial charge in [-0.2, -0.15) is 0 Å². The number of hydrogen-bond donors (Lipinski definition) is 2. The van der Waals surface area contributed by atoms with Crippen LogP contribution in [0.25, 0.3) is 11.1 Å². The highest BCUT2D eigenvalue weighted by molar-refractivity contribution is 7.90. The molecule has 1 aliphatic rings. The molecule has 3 aromatic rings. The van der Waals surface area contributed by atoms with E-state index in [1.807, 2.05) is 11.8 Å². The number of rotatable bonds is 5. The van der Waals surface area contributed by atoms with Crippen molar-refractivity contribution < 1.29 is 30.8 Å². The maximum absolute atomic E-state index is 15.4. The second-order valence-corrected chi connectivity index (χ2v) is 11.2. The van der Waals surface area contributed by atoms with Gasteiger partial charge < -0.3 is 16.0 Å². The molecule has 0 aliphatic carbocycles. The van der Waals surface area contributed by atoms with Crippen LogP contribution in [0.4, 0.5) is 28.9 Å². The van der Waals surface area contributed by atoms with E-state index in [9.17, 15) is 26.4 Å². The molecule has 2 heterocycles. The lowest BCUT2D eigenvalue weighted by Crippen LogP contribution is -2.46. The van der Waals surface area contributed by atoms with Crippen LogP contribution >= 0.6 is 24.8 Å². The Hall–Kier alpha value is -2.93. The fourth-order valence-corrected chi connectivity index (χ4v) is 5.14. The summed E-state index contributed by atoms with van der Waals surface area (Å²) in [6.45, 7) is 3.23. The van der Waals surface area contributed by atoms with Crippen LogP contribution in [0.5, 0.6) is 0 Å². The van der Waals surface area contributed by atoms with Gasteiger partial charge in [-0.1, -0.05) is 6.92 Å². The third-order valence-electron chi connectivity index (χ3n) is 6.11. The fourth-order valence-electron chi connectivity index (χ4n) is 4.51.